The van der Waals surface area contributed by atoms with Crippen LogP contribution in [0, 0.1) is 0 Å². The van der Waals surface area contributed by atoms with Crippen LogP contribution >= 0.6 is 11.8 Å². The number of thioether (sulfide) groups is 1. The molecular weight excluding hydrogens is 280 g/mol. The van der Waals surface area contributed by atoms with Gasteiger partial charge < -0.3 is 10.6 Å². The van der Waals surface area contributed by atoms with Gasteiger partial charge in [0, 0.05) is 23.4 Å². The van der Waals surface area contributed by atoms with Crippen LogP contribution in [0.1, 0.15) is 47.2 Å². The average Bonchev–Trinajstić information content (AvgIpc) is 3.01. The largest absolute Gasteiger partial charge is 0.351 e. The quantitative estimate of drug-likeness (QED) is 0.898. The second-order valence-corrected chi connectivity index (χ2v) is 7.42. The third-order valence-corrected chi connectivity index (χ3v) is 6.32. The minimum Gasteiger partial charge on any atom is -0.351 e. The molecule has 0 radical (unpaired) electrons. The van der Waals surface area contributed by atoms with Crippen molar-refractivity contribution in [2.75, 3.05) is 19.3 Å². The van der Waals surface area contributed by atoms with Crippen molar-refractivity contribution in [3.8, 4) is 0 Å². The topological polar surface area (TPSA) is 41.1 Å². The molecule has 0 aromatic heterocycles. The lowest BCUT2D eigenvalue weighted by Crippen LogP contribution is -2.39. The number of benzene rings is 1. The summed E-state index contributed by atoms with van der Waals surface area (Å²) in [6, 6.07) is 6.10. The van der Waals surface area contributed by atoms with Crippen LogP contribution in [0.2, 0.25) is 0 Å². The summed E-state index contributed by atoms with van der Waals surface area (Å²) in [4.78, 5) is 12.6. The fourth-order valence-electron chi connectivity index (χ4n) is 3.55. The molecule has 1 aliphatic heterocycles. The molecule has 1 amide bonds. The van der Waals surface area contributed by atoms with Crippen molar-refractivity contribution in [3.63, 3.8) is 0 Å². The molecular formula is C17H24N2OS. The Morgan fingerprint density at radius 1 is 1.38 bits per heavy atom. The first-order valence-corrected chi connectivity index (χ1v) is 9.11. The molecule has 1 aromatic rings. The number of carbonyl (C=O) groups is 1. The van der Waals surface area contributed by atoms with E-state index in [-0.39, 0.29) is 10.7 Å². The minimum atomic E-state index is 0.106. The lowest BCUT2D eigenvalue weighted by molar-refractivity contribution is 0.0948. The van der Waals surface area contributed by atoms with Crippen molar-refractivity contribution in [1.29, 1.82) is 0 Å². The van der Waals surface area contributed by atoms with E-state index in [4.69, 9.17) is 0 Å². The first-order chi connectivity index (χ1) is 10.2. The first kappa shape index (κ1) is 14.9. The monoisotopic (exact) mass is 304 g/mol. The van der Waals surface area contributed by atoms with Crippen molar-refractivity contribution in [3.05, 3.63) is 34.9 Å². The predicted molar refractivity (Wildman–Crippen MR) is 88.9 cm³/mol. The highest BCUT2D eigenvalue weighted by atomic mass is 32.2. The maximum absolute atomic E-state index is 12.6. The molecule has 2 aliphatic rings. The summed E-state index contributed by atoms with van der Waals surface area (Å²) in [6.45, 7) is 2.65. The van der Waals surface area contributed by atoms with Crippen molar-refractivity contribution < 1.29 is 4.79 Å². The minimum absolute atomic E-state index is 0.106. The third kappa shape index (κ3) is 3.11. The zero-order valence-corrected chi connectivity index (χ0v) is 13.5. The number of hydrogen-bond donors (Lipinski definition) is 2. The number of nitrogens with one attached hydrogen (secondary N) is 2. The van der Waals surface area contributed by atoms with Gasteiger partial charge in [0.2, 0.25) is 0 Å². The Morgan fingerprint density at radius 2 is 2.19 bits per heavy atom. The molecule has 1 saturated carbocycles. The van der Waals surface area contributed by atoms with E-state index in [1.165, 1.54) is 36.8 Å². The molecule has 3 nitrogen and oxygen atoms in total. The van der Waals surface area contributed by atoms with Crippen LogP contribution < -0.4 is 10.6 Å². The lowest BCUT2D eigenvalue weighted by atomic mass is 9.95. The van der Waals surface area contributed by atoms with Gasteiger partial charge in [0.25, 0.3) is 5.91 Å². The molecule has 0 bridgehead atoms. The van der Waals surface area contributed by atoms with Crippen molar-refractivity contribution in [2.24, 2.45) is 0 Å². The van der Waals surface area contributed by atoms with Crippen LogP contribution in [-0.2, 0) is 13.0 Å². The number of amides is 1. The van der Waals surface area contributed by atoms with Crippen LogP contribution in [0.4, 0.5) is 0 Å². The first-order valence-electron chi connectivity index (χ1n) is 7.89. The zero-order chi connectivity index (χ0) is 14.7. The second-order valence-electron chi connectivity index (χ2n) is 6.15. The van der Waals surface area contributed by atoms with Gasteiger partial charge in [-0.05, 0) is 49.3 Å². The summed E-state index contributed by atoms with van der Waals surface area (Å²) in [6.07, 6.45) is 8.17. The van der Waals surface area contributed by atoms with Gasteiger partial charge in [0.15, 0.2) is 0 Å². The van der Waals surface area contributed by atoms with Crippen molar-refractivity contribution >= 4 is 17.7 Å². The highest BCUT2D eigenvalue weighted by Gasteiger charge is 2.33. The van der Waals surface area contributed by atoms with E-state index in [9.17, 15) is 4.79 Å². The van der Waals surface area contributed by atoms with Crippen LogP contribution in [0.15, 0.2) is 18.2 Å². The van der Waals surface area contributed by atoms with Gasteiger partial charge in [0.05, 0.1) is 0 Å². The molecule has 114 valence electrons. The molecule has 1 heterocycles. The smallest absolute Gasteiger partial charge is 0.251 e. The highest BCUT2D eigenvalue weighted by Crippen LogP contribution is 2.39. The van der Waals surface area contributed by atoms with E-state index in [1.54, 1.807) is 0 Å². The second kappa shape index (κ2) is 6.41. The highest BCUT2D eigenvalue weighted by molar-refractivity contribution is 8.00. The maximum atomic E-state index is 12.6. The zero-order valence-electron chi connectivity index (χ0n) is 12.7. The predicted octanol–water partition coefficient (Wildman–Crippen LogP) is 2.74. The molecule has 21 heavy (non-hydrogen) atoms. The molecule has 1 fully saturated rings. The maximum Gasteiger partial charge on any atom is 0.251 e. The van der Waals surface area contributed by atoms with Crippen molar-refractivity contribution in [1.82, 2.24) is 10.6 Å². The van der Waals surface area contributed by atoms with Gasteiger partial charge in [-0.25, -0.2) is 0 Å². The third-order valence-electron chi connectivity index (χ3n) is 4.90. The van der Waals surface area contributed by atoms with Gasteiger partial charge in [-0.3, -0.25) is 4.79 Å². The van der Waals surface area contributed by atoms with Gasteiger partial charge in [-0.2, -0.15) is 11.8 Å². The van der Waals surface area contributed by atoms with Gasteiger partial charge in [-0.15, -0.1) is 0 Å². The van der Waals surface area contributed by atoms with E-state index in [0.717, 1.165) is 31.6 Å². The van der Waals surface area contributed by atoms with Crippen LogP contribution in [0.5, 0.6) is 0 Å². The van der Waals surface area contributed by atoms with Crippen LogP contribution in [0.25, 0.3) is 0 Å². The number of fused-ring (bicyclic) bond motifs is 1. The summed E-state index contributed by atoms with van der Waals surface area (Å²) in [5.74, 6) is 0.106. The molecule has 1 aliphatic carbocycles. The Balaban J connectivity index is 1.71. The van der Waals surface area contributed by atoms with E-state index >= 15 is 0 Å². The van der Waals surface area contributed by atoms with E-state index in [0.29, 0.717) is 0 Å². The summed E-state index contributed by atoms with van der Waals surface area (Å²) in [7, 11) is 0. The van der Waals surface area contributed by atoms with E-state index < -0.39 is 0 Å². The number of rotatable bonds is 4. The Labute approximate surface area is 131 Å². The Morgan fingerprint density at radius 3 is 2.95 bits per heavy atom. The molecule has 4 heteroatoms. The number of carbonyl (C=O) groups excluding carboxylic acids is 1. The van der Waals surface area contributed by atoms with Gasteiger partial charge in [0.1, 0.15) is 0 Å². The molecule has 2 N–H and O–H groups in total. The van der Waals surface area contributed by atoms with E-state index in [1.807, 2.05) is 23.9 Å². The standard InChI is InChI=1S/C17H24N2OS/c1-21-17(8-2-3-9-17)12-19-16(20)15-6-4-5-13-11-18-10-7-14(13)15/h4-6,18H,2-3,7-12H2,1H3,(H,19,20). The normalized spacial score (nSPS) is 20.0. The molecule has 0 unspecified atom stereocenters. The summed E-state index contributed by atoms with van der Waals surface area (Å²) < 4.78 is 0.270. The average molecular weight is 304 g/mol. The Bertz CT molecular complexity index is 524. The molecule has 0 saturated heterocycles. The lowest BCUT2D eigenvalue weighted by Gasteiger charge is -2.27. The molecule has 0 spiro atoms. The van der Waals surface area contributed by atoms with Crippen LogP contribution in [-0.4, -0.2) is 30.0 Å². The van der Waals surface area contributed by atoms with Crippen molar-refractivity contribution in [2.45, 2.75) is 43.4 Å². The van der Waals surface area contributed by atoms with Gasteiger partial charge in [-0.1, -0.05) is 25.0 Å². The Kier molecular flexibility index (Phi) is 4.55. The Hall–Kier alpha value is -1.00. The molecule has 1 aromatic carbocycles. The van der Waals surface area contributed by atoms with Crippen LogP contribution in [0.3, 0.4) is 0 Å². The fourth-order valence-corrected chi connectivity index (χ4v) is 4.47. The summed E-state index contributed by atoms with van der Waals surface area (Å²) in [5.41, 5.74) is 3.39. The van der Waals surface area contributed by atoms with Gasteiger partial charge >= 0.3 is 0 Å². The molecule has 0 atom stereocenters. The fraction of sp³-hybridized carbons (Fsp3) is 0.588. The summed E-state index contributed by atoms with van der Waals surface area (Å²) in [5, 5.41) is 6.57. The SMILES string of the molecule is CSC1(CNC(=O)c2cccc3c2CCNC3)CCCC1. The summed E-state index contributed by atoms with van der Waals surface area (Å²) >= 11 is 1.92. The molecule has 3 rings (SSSR count). The number of hydrogen-bond acceptors (Lipinski definition) is 3. The van der Waals surface area contributed by atoms with E-state index in [2.05, 4.69) is 23.0 Å².